The normalized spacial score (nSPS) is 24.4. The van der Waals surface area contributed by atoms with Gasteiger partial charge in [-0.05, 0) is 38.1 Å². The van der Waals surface area contributed by atoms with E-state index in [-0.39, 0.29) is 0 Å². The number of imidazole rings is 1. The van der Waals surface area contributed by atoms with Crippen molar-refractivity contribution in [3.63, 3.8) is 0 Å². The highest BCUT2D eigenvalue weighted by atomic mass is 16.5. The number of ether oxygens (including phenoxy) is 1. The Morgan fingerprint density at radius 3 is 3.06 bits per heavy atom. The van der Waals surface area contributed by atoms with Crippen LogP contribution in [0.25, 0.3) is 0 Å². The van der Waals surface area contributed by atoms with E-state index in [1.54, 1.807) is 0 Å². The predicted octanol–water partition coefficient (Wildman–Crippen LogP) is 1.79. The summed E-state index contributed by atoms with van der Waals surface area (Å²) >= 11 is 0. The second-order valence-electron chi connectivity index (χ2n) is 4.83. The topological polar surface area (TPSA) is 53.1 Å². The molecule has 1 aliphatic carbocycles. The van der Waals surface area contributed by atoms with E-state index in [9.17, 15) is 0 Å². The average molecular weight is 237 g/mol. The highest BCUT2D eigenvalue weighted by Gasteiger charge is 2.26. The molecule has 1 aromatic heterocycles. The summed E-state index contributed by atoms with van der Waals surface area (Å²) in [4.78, 5) is 4.30. The fraction of sp³-hybridized carbons (Fsp3) is 0.769. The molecule has 2 rings (SSSR count). The Balaban J connectivity index is 1.76. The molecule has 4 heteroatoms. The van der Waals surface area contributed by atoms with Gasteiger partial charge in [0.05, 0.1) is 6.61 Å². The molecule has 1 aromatic rings. The molecule has 1 fully saturated rings. The van der Waals surface area contributed by atoms with Crippen molar-refractivity contribution in [2.75, 3.05) is 13.2 Å². The van der Waals surface area contributed by atoms with Crippen LogP contribution in [0, 0.1) is 11.8 Å². The van der Waals surface area contributed by atoms with Gasteiger partial charge in [-0.2, -0.15) is 0 Å². The van der Waals surface area contributed by atoms with Gasteiger partial charge >= 0.3 is 0 Å². The number of nitrogens with zero attached hydrogens (tertiary/aromatic N) is 2. The highest BCUT2D eigenvalue weighted by Crippen LogP contribution is 2.31. The van der Waals surface area contributed by atoms with Gasteiger partial charge in [0.1, 0.15) is 12.4 Å². The van der Waals surface area contributed by atoms with Gasteiger partial charge in [-0.1, -0.05) is 6.42 Å². The first kappa shape index (κ1) is 12.6. The van der Waals surface area contributed by atoms with Gasteiger partial charge in [0.15, 0.2) is 0 Å². The lowest BCUT2D eigenvalue weighted by atomic mass is 9.97. The smallest absolute Gasteiger partial charge is 0.134 e. The number of aryl methyl sites for hydroxylation is 1. The highest BCUT2D eigenvalue weighted by molar-refractivity contribution is 4.90. The van der Waals surface area contributed by atoms with Crippen LogP contribution in [-0.4, -0.2) is 22.7 Å². The second kappa shape index (κ2) is 6.17. The molecule has 0 bridgehead atoms. The summed E-state index contributed by atoms with van der Waals surface area (Å²) < 4.78 is 7.92. The number of aromatic nitrogens is 2. The molecule has 0 spiro atoms. The fourth-order valence-electron chi connectivity index (χ4n) is 2.71. The van der Waals surface area contributed by atoms with Crippen LogP contribution in [0.4, 0.5) is 0 Å². The van der Waals surface area contributed by atoms with Crippen LogP contribution >= 0.6 is 0 Å². The third-order valence-electron chi connectivity index (χ3n) is 3.82. The standard InChI is InChI=1S/C13H23N3O/c1-2-16-7-6-15-13(16)10-17-9-12-5-3-4-11(12)8-14/h6-7,11-12H,2-5,8-10,14H2,1H3. The van der Waals surface area contributed by atoms with Crippen LogP contribution in [0.2, 0.25) is 0 Å². The maximum absolute atomic E-state index is 5.80. The summed E-state index contributed by atoms with van der Waals surface area (Å²) in [7, 11) is 0. The molecule has 96 valence electrons. The summed E-state index contributed by atoms with van der Waals surface area (Å²) in [6.07, 6.45) is 7.68. The van der Waals surface area contributed by atoms with E-state index in [0.29, 0.717) is 18.4 Å². The molecular formula is C13H23N3O. The van der Waals surface area contributed by atoms with Crippen LogP contribution < -0.4 is 5.73 Å². The predicted molar refractivity (Wildman–Crippen MR) is 67.4 cm³/mol. The SMILES string of the molecule is CCn1ccnc1COCC1CCCC1CN. The maximum Gasteiger partial charge on any atom is 0.134 e. The summed E-state index contributed by atoms with van der Waals surface area (Å²) in [5.74, 6) is 2.35. The van der Waals surface area contributed by atoms with Gasteiger partial charge in [-0.25, -0.2) is 4.98 Å². The molecule has 0 radical (unpaired) electrons. The first-order valence-electron chi connectivity index (χ1n) is 6.63. The molecule has 1 saturated carbocycles. The van der Waals surface area contributed by atoms with Gasteiger partial charge in [0.2, 0.25) is 0 Å². The zero-order valence-corrected chi connectivity index (χ0v) is 10.6. The molecule has 2 atom stereocenters. The number of hydrogen-bond donors (Lipinski definition) is 1. The molecule has 17 heavy (non-hydrogen) atoms. The van der Waals surface area contributed by atoms with E-state index in [1.807, 2.05) is 12.4 Å². The summed E-state index contributed by atoms with van der Waals surface area (Å²) in [6, 6.07) is 0. The molecule has 1 heterocycles. The summed E-state index contributed by atoms with van der Waals surface area (Å²) in [5.41, 5.74) is 5.76. The largest absolute Gasteiger partial charge is 0.373 e. The monoisotopic (exact) mass is 237 g/mol. The van der Waals surface area contributed by atoms with Crippen molar-refractivity contribution in [2.45, 2.75) is 39.3 Å². The van der Waals surface area contributed by atoms with Gasteiger partial charge in [-0.3, -0.25) is 0 Å². The second-order valence-corrected chi connectivity index (χ2v) is 4.83. The Hall–Kier alpha value is -0.870. The summed E-state index contributed by atoms with van der Waals surface area (Å²) in [5, 5.41) is 0. The van der Waals surface area contributed by atoms with E-state index in [0.717, 1.165) is 25.5 Å². The van der Waals surface area contributed by atoms with Crippen molar-refractivity contribution in [1.29, 1.82) is 0 Å². The third-order valence-corrected chi connectivity index (χ3v) is 3.82. The van der Waals surface area contributed by atoms with Crippen LogP contribution in [-0.2, 0) is 17.9 Å². The van der Waals surface area contributed by atoms with Crippen molar-refractivity contribution in [3.8, 4) is 0 Å². The minimum atomic E-state index is 0.620. The Labute approximate surface area is 103 Å². The zero-order valence-electron chi connectivity index (χ0n) is 10.6. The minimum absolute atomic E-state index is 0.620. The molecule has 0 aromatic carbocycles. The fourth-order valence-corrected chi connectivity index (χ4v) is 2.71. The van der Waals surface area contributed by atoms with Gasteiger partial charge in [0, 0.05) is 18.9 Å². The van der Waals surface area contributed by atoms with Crippen LogP contribution in [0.1, 0.15) is 32.0 Å². The third kappa shape index (κ3) is 3.07. The van der Waals surface area contributed by atoms with E-state index < -0.39 is 0 Å². The van der Waals surface area contributed by atoms with Crippen LogP contribution in [0.15, 0.2) is 12.4 Å². The molecule has 0 amide bonds. The Morgan fingerprint density at radius 2 is 2.29 bits per heavy atom. The van der Waals surface area contributed by atoms with E-state index in [2.05, 4.69) is 16.5 Å². The Bertz CT molecular complexity index is 337. The lowest BCUT2D eigenvalue weighted by Crippen LogP contribution is -2.22. The number of hydrogen-bond acceptors (Lipinski definition) is 3. The van der Waals surface area contributed by atoms with Crippen molar-refractivity contribution < 1.29 is 4.74 Å². The van der Waals surface area contributed by atoms with Crippen molar-refractivity contribution >= 4 is 0 Å². The Morgan fingerprint density at radius 1 is 1.47 bits per heavy atom. The van der Waals surface area contributed by atoms with Crippen molar-refractivity contribution in [1.82, 2.24) is 9.55 Å². The first-order chi connectivity index (χ1) is 8.35. The van der Waals surface area contributed by atoms with Crippen LogP contribution in [0.5, 0.6) is 0 Å². The average Bonchev–Trinajstić information content (AvgIpc) is 2.97. The number of rotatable bonds is 6. The van der Waals surface area contributed by atoms with Gasteiger partial charge < -0.3 is 15.0 Å². The van der Waals surface area contributed by atoms with Gasteiger partial charge in [0.25, 0.3) is 0 Å². The molecule has 2 unspecified atom stereocenters. The van der Waals surface area contributed by atoms with Crippen LogP contribution in [0.3, 0.4) is 0 Å². The minimum Gasteiger partial charge on any atom is -0.373 e. The lowest BCUT2D eigenvalue weighted by Gasteiger charge is -2.17. The summed E-state index contributed by atoms with van der Waals surface area (Å²) in [6.45, 7) is 5.32. The van der Waals surface area contributed by atoms with Crippen molar-refractivity contribution in [2.24, 2.45) is 17.6 Å². The van der Waals surface area contributed by atoms with E-state index >= 15 is 0 Å². The molecular weight excluding hydrogens is 214 g/mol. The molecule has 0 aliphatic heterocycles. The van der Waals surface area contributed by atoms with E-state index in [4.69, 9.17) is 10.5 Å². The quantitative estimate of drug-likeness (QED) is 0.820. The van der Waals surface area contributed by atoms with Gasteiger partial charge in [-0.15, -0.1) is 0 Å². The molecule has 2 N–H and O–H groups in total. The number of nitrogens with two attached hydrogens (primary N) is 1. The Kier molecular flexibility index (Phi) is 4.57. The lowest BCUT2D eigenvalue weighted by molar-refractivity contribution is 0.0697. The molecule has 4 nitrogen and oxygen atoms in total. The van der Waals surface area contributed by atoms with E-state index in [1.165, 1.54) is 19.3 Å². The zero-order chi connectivity index (χ0) is 12.1. The first-order valence-corrected chi connectivity index (χ1v) is 6.63. The van der Waals surface area contributed by atoms with Crippen molar-refractivity contribution in [3.05, 3.63) is 18.2 Å². The molecule has 1 aliphatic rings. The molecule has 0 saturated heterocycles. The maximum atomic E-state index is 5.80.